The molecule has 0 atom stereocenters. The summed E-state index contributed by atoms with van der Waals surface area (Å²) in [6, 6.07) is 9.88. The van der Waals surface area contributed by atoms with Crippen LogP contribution in [-0.2, 0) is 6.42 Å². The molecule has 2 aromatic rings. The Hall–Kier alpha value is -2.74. The van der Waals surface area contributed by atoms with Crippen LogP contribution in [0.1, 0.15) is 5.56 Å². The minimum Gasteiger partial charge on any atom is -0.353 e. The van der Waals surface area contributed by atoms with Crippen LogP contribution in [0.5, 0.6) is 0 Å². The first-order valence-corrected chi connectivity index (χ1v) is 6.34. The van der Waals surface area contributed by atoms with Crippen LogP contribution in [0.2, 0.25) is 0 Å². The number of aromatic nitrogens is 2. The first-order chi connectivity index (χ1) is 10.1. The van der Waals surface area contributed by atoms with E-state index in [1.165, 1.54) is 6.33 Å². The van der Waals surface area contributed by atoms with Gasteiger partial charge in [0.05, 0.1) is 4.92 Å². The lowest BCUT2D eigenvalue weighted by molar-refractivity contribution is -0.383. The van der Waals surface area contributed by atoms with Crippen molar-refractivity contribution in [3.05, 3.63) is 52.3 Å². The molecular weight excluding hydrogens is 272 g/mol. The molecule has 0 bridgehead atoms. The van der Waals surface area contributed by atoms with E-state index >= 15 is 0 Å². The predicted octanol–water partition coefficient (Wildman–Crippen LogP) is 1.35. The second-order valence-corrected chi connectivity index (χ2v) is 4.45. The molecule has 0 radical (unpaired) electrons. The van der Waals surface area contributed by atoms with E-state index in [0.29, 0.717) is 6.54 Å². The van der Waals surface area contributed by atoms with Gasteiger partial charge in [0, 0.05) is 13.6 Å². The third kappa shape index (κ3) is 3.42. The van der Waals surface area contributed by atoms with Gasteiger partial charge in [0.15, 0.2) is 0 Å². The van der Waals surface area contributed by atoms with E-state index < -0.39 is 4.92 Å². The van der Waals surface area contributed by atoms with Crippen molar-refractivity contribution in [2.45, 2.75) is 6.42 Å². The number of nitrogen functional groups attached to an aromatic ring is 1. The molecule has 0 aliphatic rings. The standard InChI is InChI=1S/C13H16N6O2/c1-18(8-7-10-5-3-2-4-6-10)13-11(19(20)21)12(17-14)15-9-16-13/h2-6,9H,7-8,14H2,1H3,(H,15,16,17). The van der Waals surface area contributed by atoms with Crippen molar-refractivity contribution >= 4 is 17.3 Å². The summed E-state index contributed by atoms with van der Waals surface area (Å²) in [6.45, 7) is 0.589. The van der Waals surface area contributed by atoms with Crippen molar-refractivity contribution in [3.63, 3.8) is 0 Å². The number of hydrazine groups is 1. The van der Waals surface area contributed by atoms with Crippen LogP contribution in [0.3, 0.4) is 0 Å². The number of anilines is 2. The maximum Gasteiger partial charge on any atom is 0.354 e. The average molecular weight is 288 g/mol. The normalized spacial score (nSPS) is 10.2. The molecule has 0 spiro atoms. The highest BCUT2D eigenvalue weighted by atomic mass is 16.6. The molecule has 2 rings (SSSR count). The minimum absolute atomic E-state index is 0.00318. The lowest BCUT2D eigenvalue weighted by atomic mass is 10.1. The molecule has 110 valence electrons. The summed E-state index contributed by atoms with van der Waals surface area (Å²) in [5.74, 6) is 5.49. The van der Waals surface area contributed by atoms with Gasteiger partial charge in [-0.25, -0.2) is 15.8 Å². The van der Waals surface area contributed by atoms with Crippen LogP contribution in [-0.4, -0.2) is 28.5 Å². The van der Waals surface area contributed by atoms with Crippen LogP contribution in [0.4, 0.5) is 17.3 Å². The zero-order valence-corrected chi connectivity index (χ0v) is 11.6. The van der Waals surface area contributed by atoms with Crippen molar-refractivity contribution in [3.8, 4) is 0 Å². The van der Waals surface area contributed by atoms with Gasteiger partial charge in [-0.05, 0) is 12.0 Å². The second-order valence-electron chi connectivity index (χ2n) is 4.45. The van der Waals surface area contributed by atoms with Gasteiger partial charge < -0.3 is 10.3 Å². The topological polar surface area (TPSA) is 110 Å². The third-order valence-electron chi connectivity index (χ3n) is 3.06. The van der Waals surface area contributed by atoms with Crippen molar-refractivity contribution in [1.29, 1.82) is 0 Å². The Kier molecular flexibility index (Phi) is 4.62. The first-order valence-electron chi connectivity index (χ1n) is 6.34. The van der Waals surface area contributed by atoms with Gasteiger partial charge in [0.25, 0.3) is 0 Å². The van der Waals surface area contributed by atoms with E-state index in [4.69, 9.17) is 5.84 Å². The summed E-state index contributed by atoms with van der Waals surface area (Å²) in [7, 11) is 1.75. The summed E-state index contributed by atoms with van der Waals surface area (Å²) in [5, 5.41) is 11.2. The Morgan fingerprint density at radius 2 is 2.05 bits per heavy atom. The molecule has 0 fully saturated rings. The largest absolute Gasteiger partial charge is 0.354 e. The smallest absolute Gasteiger partial charge is 0.353 e. The number of hydrogen-bond donors (Lipinski definition) is 2. The molecular formula is C13H16N6O2. The van der Waals surface area contributed by atoms with E-state index in [1.807, 2.05) is 30.3 Å². The van der Waals surface area contributed by atoms with E-state index in [-0.39, 0.29) is 17.3 Å². The van der Waals surface area contributed by atoms with Gasteiger partial charge >= 0.3 is 5.69 Å². The molecule has 0 aliphatic carbocycles. The molecule has 0 amide bonds. The highest BCUT2D eigenvalue weighted by Crippen LogP contribution is 2.30. The van der Waals surface area contributed by atoms with E-state index in [0.717, 1.165) is 12.0 Å². The fourth-order valence-electron chi connectivity index (χ4n) is 1.97. The van der Waals surface area contributed by atoms with E-state index in [1.54, 1.807) is 11.9 Å². The highest BCUT2D eigenvalue weighted by molar-refractivity contribution is 5.69. The zero-order chi connectivity index (χ0) is 15.2. The van der Waals surface area contributed by atoms with Gasteiger partial charge in [-0.15, -0.1) is 0 Å². The van der Waals surface area contributed by atoms with Crippen molar-refractivity contribution < 1.29 is 4.92 Å². The summed E-state index contributed by atoms with van der Waals surface area (Å²) in [4.78, 5) is 20.1. The molecule has 0 saturated heterocycles. The monoisotopic (exact) mass is 288 g/mol. The molecule has 0 aliphatic heterocycles. The van der Waals surface area contributed by atoms with Crippen LogP contribution >= 0.6 is 0 Å². The van der Waals surface area contributed by atoms with Gasteiger partial charge in [-0.1, -0.05) is 30.3 Å². The molecule has 0 unspecified atom stereocenters. The highest BCUT2D eigenvalue weighted by Gasteiger charge is 2.24. The van der Waals surface area contributed by atoms with E-state index in [2.05, 4.69) is 15.4 Å². The summed E-state index contributed by atoms with van der Waals surface area (Å²) in [5.41, 5.74) is 3.15. The number of benzene rings is 1. The summed E-state index contributed by atoms with van der Waals surface area (Å²) < 4.78 is 0. The molecule has 8 heteroatoms. The SMILES string of the molecule is CN(CCc1ccccc1)c1ncnc(NN)c1[N+](=O)[O-]. The van der Waals surface area contributed by atoms with Crippen LogP contribution in [0.25, 0.3) is 0 Å². The van der Waals surface area contributed by atoms with Gasteiger partial charge in [0.2, 0.25) is 11.6 Å². The number of likely N-dealkylation sites (N-methyl/N-ethyl adjacent to an activating group) is 1. The minimum atomic E-state index is -0.538. The maximum absolute atomic E-state index is 11.2. The fourth-order valence-corrected chi connectivity index (χ4v) is 1.97. The Morgan fingerprint density at radius 3 is 2.67 bits per heavy atom. The maximum atomic E-state index is 11.2. The summed E-state index contributed by atoms with van der Waals surface area (Å²) in [6.07, 6.45) is 2.00. The number of nitrogens with two attached hydrogens (primary N) is 1. The van der Waals surface area contributed by atoms with Crippen LogP contribution in [0, 0.1) is 10.1 Å². The third-order valence-corrected chi connectivity index (χ3v) is 3.06. The predicted molar refractivity (Wildman–Crippen MR) is 79.9 cm³/mol. The number of nitrogens with one attached hydrogen (secondary N) is 1. The first kappa shape index (κ1) is 14.7. The quantitative estimate of drug-likeness (QED) is 0.469. The van der Waals surface area contributed by atoms with Crippen LogP contribution < -0.4 is 16.2 Å². The molecule has 1 heterocycles. The number of nitro groups is 1. The molecule has 3 N–H and O–H groups in total. The number of hydrogen-bond acceptors (Lipinski definition) is 7. The van der Waals surface area contributed by atoms with Gasteiger partial charge in [-0.2, -0.15) is 0 Å². The molecule has 1 aromatic carbocycles. The van der Waals surface area contributed by atoms with Crippen molar-refractivity contribution in [2.75, 3.05) is 23.9 Å². The average Bonchev–Trinajstić information content (AvgIpc) is 2.52. The Bertz CT molecular complexity index is 619. The molecule has 0 saturated carbocycles. The molecule has 21 heavy (non-hydrogen) atoms. The number of rotatable bonds is 6. The second kappa shape index (κ2) is 6.62. The Labute approximate surface area is 121 Å². The number of nitrogens with zero attached hydrogens (tertiary/aromatic N) is 4. The zero-order valence-electron chi connectivity index (χ0n) is 11.6. The molecule has 8 nitrogen and oxygen atoms in total. The van der Waals surface area contributed by atoms with Crippen LogP contribution in [0.15, 0.2) is 36.7 Å². The van der Waals surface area contributed by atoms with Gasteiger partial charge in [-0.3, -0.25) is 10.1 Å². The lowest BCUT2D eigenvalue weighted by Gasteiger charge is -2.18. The lowest BCUT2D eigenvalue weighted by Crippen LogP contribution is -2.23. The van der Waals surface area contributed by atoms with Gasteiger partial charge in [0.1, 0.15) is 6.33 Å². The van der Waals surface area contributed by atoms with Crippen molar-refractivity contribution in [1.82, 2.24) is 9.97 Å². The Morgan fingerprint density at radius 1 is 1.33 bits per heavy atom. The Balaban J connectivity index is 2.19. The summed E-state index contributed by atoms with van der Waals surface area (Å²) >= 11 is 0. The molecule has 1 aromatic heterocycles. The van der Waals surface area contributed by atoms with E-state index in [9.17, 15) is 10.1 Å². The van der Waals surface area contributed by atoms with Crippen molar-refractivity contribution in [2.24, 2.45) is 5.84 Å². The fraction of sp³-hybridized carbons (Fsp3) is 0.231.